The van der Waals surface area contributed by atoms with E-state index >= 15 is 0 Å². The van der Waals surface area contributed by atoms with Crippen LogP contribution in [0.4, 0.5) is 0 Å². The van der Waals surface area contributed by atoms with Crippen LogP contribution in [0, 0.1) is 0 Å². The molecule has 0 spiro atoms. The molecule has 0 aliphatic rings. The van der Waals surface area contributed by atoms with E-state index < -0.39 is 0 Å². The molecule has 0 atom stereocenters. The summed E-state index contributed by atoms with van der Waals surface area (Å²) in [5.74, 6) is 0.893. The van der Waals surface area contributed by atoms with Gasteiger partial charge in [-0.15, -0.1) is 0 Å². The van der Waals surface area contributed by atoms with Crippen molar-refractivity contribution in [3.63, 3.8) is 0 Å². The summed E-state index contributed by atoms with van der Waals surface area (Å²) in [6, 6.07) is 11.0. The third-order valence-electron chi connectivity index (χ3n) is 3.94. The lowest BCUT2D eigenvalue weighted by atomic mass is 9.95. The Morgan fingerprint density at radius 2 is 1.65 bits per heavy atom. The Bertz CT molecular complexity index is 849. The van der Waals surface area contributed by atoms with Crippen LogP contribution in [0.2, 0.25) is 0 Å². The molecule has 0 bridgehead atoms. The van der Waals surface area contributed by atoms with Crippen LogP contribution in [0.1, 0.15) is 25.3 Å². The normalized spacial score (nSPS) is 11.1. The zero-order chi connectivity index (χ0) is 16.6. The standard InChI is InChI=1S/C19H19NO3/c1-11(2)18-15(21)8-14(9-16(18)22)13-7-12-5-4-6-20-19(12)17(10-13)23-3/h4-11,21-22H,1-3H3. The number of benzene rings is 2. The highest BCUT2D eigenvalue weighted by molar-refractivity contribution is 5.90. The Morgan fingerprint density at radius 1 is 1.00 bits per heavy atom. The van der Waals surface area contributed by atoms with Gasteiger partial charge in [0.25, 0.3) is 0 Å². The van der Waals surface area contributed by atoms with Gasteiger partial charge in [-0.1, -0.05) is 19.9 Å². The van der Waals surface area contributed by atoms with Gasteiger partial charge < -0.3 is 14.9 Å². The molecule has 2 aromatic carbocycles. The Kier molecular flexibility index (Phi) is 3.82. The van der Waals surface area contributed by atoms with E-state index in [1.54, 1.807) is 25.4 Å². The molecule has 118 valence electrons. The van der Waals surface area contributed by atoms with Crippen molar-refractivity contribution in [1.82, 2.24) is 4.98 Å². The first-order valence-corrected chi connectivity index (χ1v) is 7.50. The van der Waals surface area contributed by atoms with Gasteiger partial charge in [-0.05, 0) is 47.4 Å². The van der Waals surface area contributed by atoms with Crippen molar-refractivity contribution in [3.8, 4) is 28.4 Å². The summed E-state index contributed by atoms with van der Waals surface area (Å²) >= 11 is 0. The van der Waals surface area contributed by atoms with Gasteiger partial charge in [0.15, 0.2) is 0 Å². The summed E-state index contributed by atoms with van der Waals surface area (Å²) in [5.41, 5.74) is 2.92. The van der Waals surface area contributed by atoms with E-state index in [9.17, 15) is 10.2 Å². The predicted octanol–water partition coefficient (Wildman–Crippen LogP) is 4.45. The molecule has 3 aromatic rings. The van der Waals surface area contributed by atoms with Crippen LogP contribution in [0.3, 0.4) is 0 Å². The molecule has 0 amide bonds. The average molecular weight is 309 g/mol. The van der Waals surface area contributed by atoms with Crippen LogP contribution in [-0.2, 0) is 0 Å². The summed E-state index contributed by atoms with van der Waals surface area (Å²) in [6.45, 7) is 3.86. The Morgan fingerprint density at radius 3 is 2.26 bits per heavy atom. The molecule has 0 aliphatic heterocycles. The largest absolute Gasteiger partial charge is 0.507 e. The van der Waals surface area contributed by atoms with Gasteiger partial charge in [-0.25, -0.2) is 0 Å². The predicted molar refractivity (Wildman–Crippen MR) is 91.1 cm³/mol. The summed E-state index contributed by atoms with van der Waals surface area (Å²) in [7, 11) is 1.60. The van der Waals surface area contributed by atoms with Crippen molar-refractivity contribution in [3.05, 3.63) is 48.2 Å². The minimum atomic E-state index is 0.0411. The third kappa shape index (κ3) is 2.68. The van der Waals surface area contributed by atoms with Crippen molar-refractivity contribution < 1.29 is 14.9 Å². The smallest absolute Gasteiger partial charge is 0.145 e. The molecule has 4 nitrogen and oxygen atoms in total. The second-order valence-corrected chi connectivity index (χ2v) is 5.84. The number of ether oxygens (including phenoxy) is 1. The van der Waals surface area contributed by atoms with Gasteiger partial charge in [0.2, 0.25) is 0 Å². The van der Waals surface area contributed by atoms with Crippen LogP contribution < -0.4 is 4.74 Å². The van der Waals surface area contributed by atoms with Crippen LogP contribution in [-0.4, -0.2) is 22.3 Å². The summed E-state index contributed by atoms with van der Waals surface area (Å²) in [6.07, 6.45) is 1.72. The highest BCUT2D eigenvalue weighted by Gasteiger charge is 2.15. The quantitative estimate of drug-likeness (QED) is 0.750. The molecule has 1 heterocycles. The highest BCUT2D eigenvalue weighted by atomic mass is 16.5. The summed E-state index contributed by atoms with van der Waals surface area (Å²) < 4.78 is 5.42. The minimum absolute atomic E-state index is 0.0411. The second kappa shape index (κ2) is 5.80. The first-order valence-electron chi connectivity index (χ1n) is 7.50. The van der Waals surface area contributed by atoms with E-state index in [2.05, 4.69) is 4.98 Å². The van der Waals surface area contributed by atoms with Crippen LogP contribution >= 0.6 is 0 Å². The van der Waals surface area contributed by atoms with E-state index in [1.165, 1.54) is 0 Å². The number of aromatic hydroxyl groups is 2. The molecule has 0 unspecified atom stereocenters. The lowest BCUT2D eigenvalue weighted by Gasteiger charge is -2.14. The fraction of sp³-hybridized carbons (Fsp3) is 0.211. The number of pyridine rings is 1. The first kappa shape index (κ1) is 15.2. The number of hydrogen-bond acceptors (Lipinski definition) is 4. The van der Waals surface area contributed by atoms with Gasteiger partial charge in [0.1, 0.15) is 22.8 Å². The van der Waals surface area contributed by atoms with Gasteiger partial charge in [-0.2, -0.15) is 0 Å². The molecule has 23 heavy (non-hydrogen) atoms. The zero-order valence-electron chi connectivity index (χ0n) is 13.4. The number of nitrogens with zero attached hydrogens (tertiary/aromatic N) is 1. The second-order valence-electron chi connectivity index (χ2n) is 5.84. The zero-order valence-corrected chi connectivity index (χ0v) is 13.4. The Hall–Kier alpha value is -2.75. The van der Waals surface area contributed by atoms with Crippen molar-refractivity contribution in [2.75, 3.05) is 7.11 Å². The maximum absolute atomic E-state index is 10.2. The average Bonchev–Trinajstić information content (AvgIpc) is 2.52. The SMILES string of the molecule is COc1cc(-c2cc(O)c(C(C)C)c(O)c2)cc2cccnc12. The summed E-state index contributed by atoms with van der Waals surface area (Å²) in [4.78, 5) is 4.34. The maximum atomic E-state index is 10.2. The number of fused-ring (bicyclic) bond motifs is 1. The van der Waals surface area contributed by atoms with Crippen molar-refractivity contribution in [1.29, 1.82) is 0 Å². The Labute approximate surface area is 135 Å². The number of rotatable bonds is 3. The van der Waals surface area contributed by atoms with Crippen LogP contribution in [0.5, 0.6) is 17.2 Å². The Balaban J connectivity index is 2.21. The molecule has 0 radical (unpaired) electrons. The third-order valence-corrected chi connectivity index (χ3v) is 3.94. The lowest BCUT2D eigenvalue weighted by molar-refractivity contribution is 0.419. The number of methoxy groups -OCH3 is 1. The molecule has 2 N–H and O–H groups in total. The number of aromatic nitrogens is 1. The number of hydrogen-bond donors (Lipinski definition) is 2. The van der Waals surface area contributed by atoms with Gasteiger partial charge in [0, 0.05) is 17.1 Å². The highest BCUT2D eigenvalue weighted by Crippen LogP contribution is 2.39. The van der Waals surface area contributed by atoms with Gasteiger partial charge in [-0.3, -0.25) is 4.98 Å². The first-order chi connectivity index (χ1) is 11.0. The van der Waals surface area contributed by atoms with E-state index in [0.717, 1.165) is 22.0 Å². The topological polar surface area (TPSA) is 62.6 Å². The number of phenols is 2. The molecule has 3 rings (SSSR count). The maximum Gasteiger partial charge on any atom is 0.145 e. The molecule has 1 aromatic heterocycles. The van der Waals surface area contributed by atoms with Crippen molar-refractivity contribution in [2.24, 2.45) is 0 Å². The molecule has 0 saturated heterocycles. The van der Waals surface area contributed by atoms with E-state index in [1.807, 2.05) is 38.1 Å². The minimum Gasteiger partial charge on any atom is -0.507 e. The number of phenolic OH excluding ortho intramolecular Hbond substituents is 2. The van der Waals surface area contributed by atoms with Crippen molar-refractivity contribution in [2.45, 2.75) is 19.8 Å². The van der Waals surface area contributed by atoms with Gasteiger partial charge in [0.05, 0.1) is 7.11 Å². The van der Waals surface area contributed by atoms with E-state index in [-0.39, 0.29) is 17.4 Å². The van der Waals surface area contributed by atoms with E-state index in [4.69, 9.17) is 4.74 Å². The molecular formula is C19H19NO3. The fourth-order valence-corrected chi connectivity index (χ4v) is 2.86. The summed E-state index contributed by atoms with van der Waals surface area (Å²) in [5, 5.41) is 21.4. The monoisotopic (exact) mass is 309 g/mol. The van der Waals surface area contributed by atoms with Crippen molar-refractivity contribution >= 4 is 10.9 Å². The molecular weight excluding hydrogens is 290 g/mol. The van der Waals surface area contributed by atoms with E-state index in [0.29, 0.717) is 11.3 Å². The lowest BCUT2D eigenvalue weighted by Crippen LogP contribution is -1.92. The van der Waals surface area contributed by atoms with Gasteiger partial charge >= 0.3 is 0 Å². The molecule has 0 fully saturated rings. The molecule has 0 aliphatic carbocycles. The molecule has 4 heteroatoms. The van der Waals surface area contributed by atoms with Crippen LogP contribution in [0.25, 0.3) is 22.0 Å². The van der Waals surface area contributed by atoms with Crippen LogP contribution in [0.15, 0.2) is 42.6 Å². The molecule has 0 saturated carbocycles. The fourth-order valence-electron chi connectivity index (χ4n) is 2.86.